The first-order valence-electron chi connectivity index (χ1n) is 14.9. The summed E-state index contributed by atoms with van der Waals surface area (Å²) in [6.07, 6.45) is 0. The number of rotatable bonds is 10. The van der Waals surface area contributed by atoms with Crippen molar-refractivity contribution in [3.05, 3.63) is 156 Å². The van der Waals surface area contributed by atoms with E-state index in [-0.39, 0.29) is 44.6 Å². The van der Waals surface area contributed by atoms with E-state index in [9.17, 15) is 21.6 Å². The summed E-state index contributed by atoms with van der Waals surface area (Å²) in [5.74, 6) is -0.135. The molecular formula is C37H28N2O7S2. The lowest BCUT2D eigenvalue weighted by atomic mass is 10.2. The molecule has 0 aliphatic rings. The molecule has 7 aromatic rings. The molecule has 0 aliphatic carbocycles. The van der Waals surface area contributed by atoms with Crippen molar-refractivity contribution < 1.29 is 31.1 Å². The standard InChI is InChI=1S/C37H28N2O7S2/c1-45-35-19-11-14-27-23-34(39(36(27)35)48(43,44)31-17-9-4-10-18-31)37(40)33-24-28-22-29(46-25-26-12-5-2-6-13-26)20-21-32(28)38(33)47(41,42)30-15-7-3-8-16-30/h2-24H,25H2,1H3. The van der Waals surface area contributed by atoms with E-state index >= 15 is 0 Å². The molecule has 5 aromatic carbocycles. The third-order valence-electron chi connectivity index (χ3n) is 7.97. The number of carbonyl (C=O) groups is 1. The second-order valence-corrected chi connectivity index (χ2v) is 14.5. The fourth-order valence-electron chi connectivity index (χ4n) is 5.71. The Morgan fingerprint density at radius 1 is 0.604 bits per heavy atom. The van der Waals surface area contributed by atoms with Crippen LogP contribution < -0.4 is 9.47 Å². The van der Waals surface area contributed by atoms with Crippen LogP contribution >= 0.6 is 0 Å². The van der Waals surface area contributed by atoms with Crippen molar-refractivity contribution in [2.24, 2.45) is 0 Å². The molecule has 7 rings (SSSR count). The molecule has 0 atom stereocenters. The highest BCUT2D eigenvalue weighted by atomic mass is 32.2. The van der Waals surface area contributed by atoms with Crippen molar-refractivity contribution in [3.63, 3.8) is 0 Å². The van der Waals surface area contributed by atoms with Crippen molar-refractivity contribution >= 4 is 47.6 Å². The first-order chi connectivity index (χ1) is 23.2. The van der Waals surface area contributed by atoms with Crippen LogP contribution in [0.25, 0.3) is 21.8 Å². The molecule has 48 heavy (non-hydrogen) atoms. The van der Waals surface area contributed by atoms with Gasteiger partial charge in [-0.15, -0.1) is 0 Å². The quantitative estimate of drug-likeness (QED) is 0.145. The van der Waals surface area contributed by atoms with Gasteiger partial charge in [0.2, 0.25) is 5.78 Å². The SMILES string of the molecule is COc1cccc2cc(C(=O)c3cc4cc(OCc5ccccc5)ccc4n3S(=O)(=O)c3ccccc3)n(S(=O)(=O)c3ccccc3)c12. The van der Waals surface area contributed by atoms with Crippen LogP contribution in [0.1, 0.15) is 21.7 Å². The van der Waals surface area contributed by atoms with Gasteiger partial charge in [0.15, 0.2) is 0 Å². The highest BCUT2D eigenvalue weighted by molar-refractivity contribution is 7.90. The van der Waals surface area contributed by atoms with E-state index in [1.807, 2.05) is 30.3 Å². The summed E-state index contributed by atoms with van der Waals surface area (Å²) in [6, 6.07) is 37.7. The number of aromatic nitrogens is 2. The van der Waals surface area contributed by atoms with Gasteiger partial charge in [0.1, 0.15) is 35.0 Å². The van der Waals surface area contributed by atoms with Gasteiger partial charge in [-0.1, -0.05) is 78.9 Å². The summed E-state index contributed by atoms with van der Waals surface area (Å²) in [5, 5.41) is 0.831. The van der Waals surface area contributed by atoms with Crippen LogP contribution in [0, 0.1) is 0 Å². The van der Waals surface area contributed by atoms with E-state index < -0.39 is 25.8 Å². The predicted octanol–water partition coefficient (Wildman–Crippen LogP) is 6.89. The maximum atomic E-state index is 14.7. The monoisotopic (exact) mass is 676 g/mol. The lowest BCUT2D eigenvalue weighted by Crippen LogP contribution is -2.23. The number of carbonyl (C=O) groups excluding carboxylic acids is 1. The molecule has 0 saturated heterocycles. The van der Waals surface area contributed by atoms with Crippen molar-refractivity contribution in [2.45, 2.75) is 16.4 Å². The molecule has 0 amide bonds. The number of nitrogens with zero attached hydrogens (tertiary/aromatic N) is 2. The zero-order valence-electron chi connectivity index (χ0n) is 25.6. The van der Waals surface area contributed by atoms with E-state index in [2.05, 4.69) is 0 Å². The van der Waals surface area contributed by atoms with Crippen LogP contribution in [0.3, 0.4) is 0 Å². The molecule has 0 bridgehead atoms. The summed E-state index contributed by atoms with van der Waals surface area (Å²) in [7, 11) is -7.31. The average molecular weight is 677 g/mol. The molecule has 0 unspecified atom stereocenters. The van der Waals surface area contributed by atoms with Crippen LogP contribution in [0.4, 0.5) is 0 Å². The zero-order chi connectivity index (χ0) is 33.5. The molecule has 0 fully saturated rings. The van der Waals surface area contributed by atoms with Crippen molar-refractivity contribution in [1.82, 2.24) is 7.94 Å². The number of hydrogen-bond acceptors (Lipinski definition) is 7. The fourth-order valence-corrected chi connectivity index (χ4v) is 8.79. The number of ketones is 1. The minimum absolute atomic E-state index is 0.0416. The molecule has 2 aromatic heterocycles. The highest BCUT2D eigenvalue weighted by Gasteiger charge is 2.33. The van der Waals surface area contributed by atoms with Gasteiger partial charge in [-0.05, 0) is 66.2 Å². The maximum absolute atomic E-state index is 14.7. The number of methoxy groups -OCH3 is 1. The molecule has 2 heterocycles. The fraction of sp³-hybridized carbons (Fsp3) is 0.0541. The smallest absolute Gasteiger partial charge is 0.268 e. The summed E-state index contributed by atoms with van der Waals surface area (Å²) in [6.45, 7) is 0.278. The molecule has 11 heteroatoms. The average Bonchev–Trinajstić information content (AvgIpc) is 3.72. The summed E-state index contributed by atoms with van der Waals surface area (Å²) < 4.78 is 70.5. The maximum Gasteiger partial charge on any atom is 0.268 e. The minimum Gasteiger partial charge on any atom is -0.495 e. The molecule has 9 nitrogen and oxygen atoms in total. The Labute approximate surface area is 277 Å². The molecule has 0 aliphatic heterocycles. The number of benzene rings is 5. The van der Waals surface area contributed by atoms with Crippen LogP contribution in [0.2, 0.25) is 0 Å². The number of ether oxygens (including phenoxy) is 2. The van der Waals surface area contributed by atoms with Crippen LogP contribution in [-0.2, 0) is 26.7 Å². The van der Waals surface area contributed by atoms with E-state index in [0.717, 1.165) is 13.5 Å². The van der Waals surface area contributed by atoms with Gasteiger partial charge in [-0.3, -0.25) is 4.79 Å². The third-order valence-corrected chi connectivity index (χ3v) is 11.4. The Kier molecular flexibility index (Phi) is 7.86. The van der Waals surface area contributed by atoms with E-state index in [4.69, 9.17) is 9.47 Å². The normalized spacial score (nSPS) is 11.9. The molecule has 0 saturated carbocycles. The minimum atomic E-state index is -4.37. The topological polar surface area (TPSA) is 114 Å². The largest absolute Gasteiger partial charge is 0.495 e. The summed E-state index contributed by atoms with van der Waals surface area (Å²) in [4.78, 5) is 14.6. The van der Waals surface area contributed by atoms with Gasteiger partial charge in [-0.25, -0.2) is 24.8 Å². The molecule has 0 radical (unpaired) electrons. The number of fused-ring (bicyclic) bond motifs is 2. The van der Waals surface area contributed by atoms with Crippen molar-refractivity contribution in [3.8, 4) is 11.5 Å². The second-order valence-electron chi connectivity index (χ2n) is 10.9. The highest BCUT2D eigenvalue weighted by Crippen LogP contribution is 2.36. The second kappa shape index (κ2) is 12.2. The Morgan fingerprint density at radius 3 is 1.79 bits per heavy atom. The Bertz CT molecular complexity index is 2530. The Balaban J connectivity index is 1.45. The first kappa shape index (κ1) is 31.0. The van der Waals surface area contributed by atoms with E-state index in [1.54, 1.807) is 72.8 Å². The van der Waals surface area contributed by atoms with Gasteiger partial charge in [-0.2, -0.15) is 0 Å². The zero-order valence-corrected chi connectivity index (χ0v) is 27.2. The lowest BCUT2D eigenvalue weighted by molar-refractivity contribution is 0.102. The van der Waals surface area contributed by atoms with Gasteiger partial charge in [0, 0.05) is 10.8 Å². The van der Waals surface area contributed by atoms with Gasteiger partial charge in [0.25, 0.3) is 20.0 Å². The lowest BCUT2D eigenvalue weighted by Gasteiger charge is -2.15. The molecule has 240 valence electrons. The van der Waals surface area contributed by atoms with Crippen molar-refractivity contribution in [2.75, 3.05) is 7.11 Å². The van der Waals surface area contributed by atoms with Gasteiger partial charge in [0.05, 0.1) is 22.4 Å². The Hall–Kier alpha value is -5.65. The van der Waals surface area contributed by atoms with Crippen molar-refractivity contribution in [1.29, 1.82) is 0 Å². The molecule has 0 spiro atoms. The van der Waals surface area contributed by atoms with Gasteiger partial charge >= 0.3 is 0 Å². The summed E-state index contributed by atoms with van der Waals surface area (Å²) in [5.41, 5.74) is 0.810. The number of para-hydroxylation sites is 1. The number of hydrogen-bond donors (Lipinski definition) is 0. The third kappa shape index (κ3) is 5.32. The van der Waals surface area contributed by atoms with E-state index in [0.29, 0.717) is 16.5 Å². The van der Waals surface area contributed by atoms with Crippen LogP contribution in [-0.4, -0.2) is 37.7 Å². The van der Waals surface area contributed by atoms with Crippen LogP contribution in [0.5, 0.6) is 11.5 Å². The summed E-state index contributed by atoms with van der Waals surface area (Å²) >= 11 is 0. The Morgan fingerprint density at radius 2 is 1.17 bits per heavy atom. The van der Waals surface area contributed by atoms with E-state index in [1.165, 1.54) is 43.5 Å². The molecular weight excluding hydrogens is 649 g/mol. The van der Waals surface area contributed by atoms with Gasteiger partial charge < -0.3 is 9.47 Å². The molecule has 0 N–H and O–H groups in total. The first-order valence-corrected chi connectivity index (χ1v) is 17.7. The van der Waals surface area contributed by atoms with Crippen LogP contribution in [0.15, 0.2) is 149 Å². The predicted molar refractivity (Wildman–Crippen MR) is 183 cm³/mol.